The van der Waals surface area contributed by atoms with Gasteiger partial charge in [-0.2, -0.15) is 0 Å². The summed E-state index contributed by atoms with van der Waals surface area (Å²) in [6.07, 6.45) is 7.43. The minimum atomic E-state index is 0.269. The lowest BCUT2D eigenvalue weighted by molar-refractivity contribution is 0.0878. The Labute approximate surface area is 77.0 Å². The lowest BCUT2D eigenvalue weighted by Gasteiger charge is -2.21. The van der Waals surface area contributed by atoms with Crippen molar-refractivity contribution in [3.05, 3.63) is 46.5 Å². The molecule has 0 N–H and O–H groups in total. The maximum Gasteiger partial charge on any atom is 0.102 e. The average molecular weight is 170 g/mol. The molecular weight excluding hydrogens is 160 g/mol. The fourth-order valence-corrected chi connectivity index (χ4v) is 2.58. The first kappa shape index (κ1) is 6.39. The molecule has 1 aromatic carbocycles. The third-order valence-electron chi connectivity index (χ3n) is 3.44. The van der Waals surface area contributed by atoms with E-state index in [4.69, 9.17) is 4.74 Å². The molecule has 4 rings (SSSR count). The largest absolute Gasteiger partial charge is 0.357 e. The number of hydrogen-bond acceptors (Lipinski definition) is 1. The maximum atomic E-state index is 5.77. The highest BCUT2D eigenvalue weighted by Gasteiger charge is 2.35. The monoisotopic (exact) mass is 170 g/mol. The van der Waals surface area contributed by atoms with Crippen molar-refractivity contribution in [2.45, 2.75) is 25.0 Å². The summed E-state index contributed by atoms with van der Waals surface area (Å²) in [5.41, 5.74) is 5.93. The van der Waals surface area contributed by atoms with Crippen LogP contribution in [0.4, 0.5) is 0 Å². The van der Waals surface area contributed by atoms with Crippen molar-refractivity contribution in [3.8, 4) is 0 Å². The molecule has 1 aliphatic carbocycles. The van der Waals surface area contributed by atoms with E-state index >= 15 is 0 Å². The van der Waals surface area contributed by atoms with E-state index < -0.39 is 0 Å². The predicted octanol–water partition coefficient (Wildman–Crippen LogP) is 2.47. The molecule has 2 bridgehead atoms. The minimum absolute atomic E-state index is 0.269. The van der Waals surface area contributed by atoms with Crippen LogP contribution >= 0.6 is 0 Å². The van der Waals surface area contributed by atoms with Crippen LogP contribution in [0.5, 0.6) is 0 Å². The van der Waals surface area contributed by atoms with Crippen molar-refractivity contribution in [1.29, 1.82) is 0 Å². The molecule has 2 unspecified atom stereocenters. The molecule has 3 aliphatic rings. The SMILES string of the molecule is C1=CC2OC1c1cc3c(cc12)CC3. The molecular formula is C12H10O. The van der Waals surface area contributed by atoms with Crippen LogP contribution in [0.15, 0.2) is 24.3 Å². The molecule has 1 nitrogen and oxygen atoms in total. The van der Waals surface area contributed by atoms with Crippen LogP contribution in [0.3, 0.4) is 0 Å². The van der Waals surface area contributed by atoms with Gasteiger partial charge in [0.15, 0.2) is 0 Å². The first-order valence-electron chi connectivity index (χ1n) is 4.91. The van der Waals surface area contributed by atoms with E-state index in [9.17, 15) is 0 Å². The first-order valence-corrected chi connectivity index (χ1v) is 4.91. The molecule has 13 heavy (non-hydrogen) atoms. The van der Waals surface area contributed by atoms with Crippen LogP contribution < -0.4 is 0 Å². The van der Waals surface area contributed by atoms with Crippen molar-refractivity contribution in [2.75, 3.05) is 0 Å². The topological polar surface area (TPSA) is 9.23 Å². The second kappa shape index (κ2) is 1.88. The van der Waals surface area contributed by atoms with Crippen LogP contribution in [-0.2, 0) is 17.6 Å². The Hall–Kier alpha value is -1.08. The van der Waals surface area contributed by atoms with Crippen molar-refractivity contribution in [2.24, 2.45) is 0 Å². The Morgan fingerprint density at radius 3 is 1.92 bits per heavy atom. The van der Waals surface area contributed by atoms with Gasteiger partial charge in [0.05, 0.1) is 0 Å². The smallest absolute Gasteiger partial charge is 0.102 e. The molecule has 2 heterocycles. The van der Waals surface area contributed by atoms with Crippen LogP contribution in [0.1, 0.15) is 34.5 Å². The summed E-state index contributed by atoms with van der Waals surface area (Å²) in [4.78, 5) is 0. The molecule has 1 heteroatoms. The number of benzene rings is 1. The van der Waals surface area contributed by atoms with Gasteiger partial charge in [-0.25, -0.2) is 0 Å². The van der Waals surface area contributed by atoms with Gasteiger partial charge in [-0.1, -0.05) is 24.3 Å². The molecule has 64 valence electrons. The van der Waals surface area contributed by atoms with Gasteiger partial charge >= 0.3 is 0 Å². The molecule has 0 radical (unpaired) electrons. The van der Waals surface area contributed by atoms with Gasteiger partial charge in [0.2, 0.25) is 0 Å². The lowest BCUT2D eigenvalue weighted by atomic mass is 9.82. The molecule has 0 aromatic heterocycles. The van der Waals surface area contributed by atoms with E-state index in [-0.39, 0.29) is 12.2 Å². The fraction of sp³-hybridized carbons (Fsp3) is 0.333. The highest BCUT2D eigenvalue weighted by Crippen LogP contribution is 2.47. The van der Waals surface area contributed by atoms with Gasteiger partial charge < -0.3 is 4.74 Å². The normalized spacial score (nSPS) is 31.4. The summed E-state index contributed by atoms with van der Waals surface area (Å²) in [5.74, 6) is 0. The van der Waals surface area contributed by atoms with Gasteiger partial charge in [-0.15, -0.1) is 0 Å². The molecule has 0 amide bonds. The third kappa shape index (κ3) is 0.637. The van der Waals surface area contributed by atoms with Crippen molar-refractivity contribution < 1.29 is 4.74 Å². The summed E-state index contributed by atoms with van der Waals surface area (Å²) >= 11 is 0. The summed E-state index contributed by atoms with van der Waals surface area (Å²) in [6.45, 7) is 0. The van der Waals surface area contributed by atoms with Gasteiger partial charge in [-0.05, 0) is 35.1 Å². The fourth-order valence-electron chi connectivity index (χ4n) is 2.58. The third-order valence-corrected chi connectivity index (χ3v) is 3.44. The highest BCUT2D eigenvalue weighted by atomic mass is 16.5. The highest BCUT2D eigenvalue weighted by molar-refractivity contribution is 5.51. The minimum Gasteiger partial charge on any atom is -0.357 e. The Balaban J connectivity index is 2.02. The van der Waals surface area contributed by atoms with Crippen LogP contribution in [-0.4, -0.2) is 0 Å². The zero-order chi connectivity index (χ0) is 8.41. The van der Waals surface area contributed by atoms with Crippen molar-refractivity contribution in [3.63, 3.8) is 0 Å². The molecule has 0 fully saturated rings. The maximum absolute atomic E-state index is 5.77. The summed E-state index contributed by atoms with van der Waals surface area (Å²) in [6, 6.07) is 4.70. The van der Waals surface area contributed by atoms with E-state index in [1.165, 1.54) is 24.0 Å². The second-order valence-electron chi connectivity index (χ2n) is 4.11. The van der Waals surface area contributed by atoms with Gasteiger partial charge in [0.1, 0.15) is 12.2 Å². The number of ether oxygens (including phenoxy) is 1. The second-order valence-corrected chi connectivity index (χ2v) is 4.11. The van der Waals surface area contributed by atoms with E-state index in [1.54, 1.807) is 11.1 Å². The molecule has 2 atom stereocenters. The summed E-state index contributed by atoms with van der Waals surface area (Å²) in [7, 11) is 0. The molecule has 1 aromatic rings. The lowest BCUT2D eigenvalue weighted by Crippen LogP contribution is -2.10. The van der Waals surface area contributed by atoms with E-state index in [0.29, 0.717) is 0 Å². The average Bonchev–Trinajstić information content (AvgIpc) is 2.67. The standard InChI is InChI=1S/C12H10O/c1-2-8-6-10-9(5-7(1)8)11-3-4-12(10)13-11/h3-6,11-12H,1-2H2. The van der Waals surface area contributed by atoms with Crippen LogP contribution in [0.2, 0.25) is 0 Å². The first-order chi connectivity index (χ1) is 6.42. The zero-order valence-electron chi connectivity index (χ0n) is 7.29. The van der Waals surface area contributed by atoms with Gasteiger partial charge in [0.25, 0.3) is 0 Å². The molecule has 0 saturated carbocycles. The number of rotatable bonds is 0. The summed E-state index contributed by atoms with van der Waals surface area (Å²) < 4.78 is 5.77. The number of aryl methyl sites for hydroxylation is 2. The molecule has 2 aliphatic heterocycles. The predicted molar refractivity (Wildman–Crippen MR) is 49.6 cm³/mol. The van der Waals surface area contributed by atoms with Crippen LogP contribution in [0.25, 0.3) is 0 Å². The van der Waals surface area contributed by atoms with Gasteiger partial charge in [-0.3, -0.25) is 0 Å². The van der Waals surface area contributed by atoms with E-state index in [1.807, 2.05) is 0 Å². The quantitative estimate of drug-likeness (QED) is 0.543. The van der Waals surface area contributed by atoms with E-state index in [2.05, 4.69) is 24.3 Å². The number of hydrogen-bond donors (Lipinski definition) is 0. The Bertz CT molecular complexity index is 392. The van der Waals surface area contributed by atoms with Crippen molar-refractivity contribution >= 4 is 0 Å². The summed E-state index contributed by atoms with van der Waals surface area (Å²) in [5, 5.41) is 0. The Morgan fingerprint density at radius 2 is 1.46 bits per heavy atom. The molecule has 0 spiro atoms. The zero-order valence-corrected chi connectivity index (χ0v) is 7.29. The van der Waals surface area contributed by atoms with Crippen molar-refractivity contribution in [1.82, 2.24) is 0 Å². The van der Waals surface area contributed by atoms with Crippen LogP contribution in [0, 0.1) is 0 Å². The Morgan fingerprint density at radius 1 is 0.923 bits per heavy atom. The molecule has 0 saturated heterocycles. The number of fused-ring (bicyclic) bond motifs is 6. The van der Waals surface area contributed by atoms with E-state index in [0.717, 1.165) is 0 Å². The van der Waals surface area contributed by atoms with Gasteiger partial charge in [0, 0.05) is 0 Å². The Kier molecular flexibility index (Phi) is 0.922.